The van der Waals surface area contributed by atoms with Gasteiger partial charge in [-0.05, 0) is 40.3 Å². The van der Waals surface area contributed by atoms with E-state index in [2.05, 4.69) is 15.9 Å². The van der Waals surface area contributed by atoms with Crippen molar-refractivity contribution in [1.29, 1.82) is 0 Å². The first-order valence-corrected chi connectivity index (χ1v) is 8.33. The standard InChI is InChI=1S/C9H9BrINO5S/c1-18(16,17)9(10,11)8(13)6-2-4-7(5-3-6)12(14)15/h2-5,8,13H,1H3/t8-,9-/m0/s1. The summed E-state index contributed by atoms with van der Waals surface area (Å²) < 4.78 is 21.5. The van der Waals surface area contributed by atoms with Crippen LogP contribution in [0.5, 0.6) is 0 Å². The highest BCUT2D eigenvalue weighted by Gasteiger charge is 2.43. The van der Waals surface area contributed by atoms with Gasteiger partial charge in [0, 0.05) is 18.4 Å². The van der Waals surface area contributed by atoms with E-state index >= 15 is 0 Å². The molecule has 100 valence electrons. The summed E-state index contributed by atoms with van der Waals surface area (Å²) in [7, 11) is -3.56. The molecule has 1 rings (SSSR count). The van der Waals surface area contributed by atoms with Crippen LogP contribution in [0.3, 0.4) is 0 Å². The van der Waals surface area contributed by atoms with Gasteiger partial charge in [0.15, 0.2) is 9.84 Å². The fourth-order valence-electron chi connectivity index (χ4n) is 1.18. The maximum absolute atomic E-state index is 11.5. The number of aliphatic hydroxyl groups excluding tert-OH is 1. The molecule has 1 aromatic rings. The number of nitrogens with zero attached hydrogens (tertiary/aromatic N) is 1. The molecule has 0 aliphatic heterocycles. The van der Waals surface area contributed by atoms with Crippen molar-refractivity contribution in [2.45, 2.75) is 7.77 Å². The number of hydrogen-bond acceptors (Lipinski definition) is 5. The summed E-state index contributed by atoms with van der Waals surface area (Å²) in [4.78, 5) is 9.90. The second-order valence-corrected chi connectivity index (χ2v) is 11.5. The Balaban J connectivity index is 3.12. The van der Waals surface area contributed by atoms with Crippen LogP contribution < -0.4 is 0 Å². The maximum Gasteiger partial charge on any atom is 0.269 e. The molecule has 0 spiro atoms. The van der Waals surface area contributed by atoms with Gasteiger partial charge in [-0.2, -0.15) is 0 Å². The Morgan fingerprint density at radius 3 is 2.22 bits per heavy atom. The predicted octanol–water partition coefficient (Wildman–Crippen LogP) is 2.16. The molecule has 0 saturated carbocycles. The minimum absolute atomic E-state index is 0.126. The summed E-state index contributed by atoms with van der Waals surface area (Å²) in [6.07, 6.45) is -0.350. The molecule has 1 aromatic carbocycles. The third-order valence-corrected chi connectivity index (χ3v) is 8.63. The number of nitro groups is 1. The van der Waals surface area contributed by atoms with Crippen molar-refractivity contribution in [1.82, 2.24) is 0 Å². The molecule has 1 N–H and O–H groups in total. The normalized spacial score (nSPS) is 16.9. The molecule has 0 aliphatic rings. The van der Waals surface area contributed by atoms with Gasteiger partial charge >= 0.3 is 0 Å². The summed E-state index contributed by atoms with van der Waals surface area (Å²) >= 11 is 4.55. The largest absolute Gasteiger partial charge is 0.385 e. The maximum atomic E-state index is 11.5. The molecule has 18 heavy (non-hydrogen) atoms. The lowest BCUT2D eigenvalue weighted by Gasteiger charge is -2.24. The number of sulfone groups is 1. The molecule has 0 saturated heterocycles. The van der Waals surface area contributed by atoms with Crippen molar-refractivity contribution < 1.29 is 18.4 Å². The molecule has 0 aliphatic carbocycles. The van der Waals surface area contributed by atoms with E-state index in [0.717, 1.165) is 6.26 Å². The van der Waals surface area contributed by atoms with Gasteiger partial charge in [0.05, 0.1) is 4.92 Å². The van der Waals surface area contributed by atoms with E-state index in [0.29, 0.717) is 0 Å². The topological polar surface area (TPSA) is 97.5 Å². The van der Waals surface area contributed by atoms with Crippen LogP contribution in [0.25, 0.3) is 0 Å². The zero-order chi connectivity index (χ0) is 14.1. The summed E-state index contributed by atoms with van der Waals surface area (Å²) in [5, 5.41) is 20.5. The average molecular weight is 450 g/mol. The summed E-state index contributed by atoms with van der Waals surface area (Å²) in [6, 6.07) is 5.06. The zero-order valence-electron chi connectivity index (χ0n) is 9.08. The molecular weight excluding hydrogens is 441 g/mol. The summed E-state index contributed by atoms with van der Waals surface area (Å²) in [6.45, 7) is 0. The second-order valence-electron chi connectivity index (χ2n) is 3.59. The van der Waals surface area contributed by atoms with Gasteiger partial charge < -0.3 is 5.11 Å². The Kier molecular flexibility index (Phi) is 4.73. The summed E-state index contributed by atoms with van der Waals surface area (Å²) in [5.74, 6) is 0. The van der Waals surface area contributed by atoms with Crippen molar-refractivity contribution in [3.05, 3.63) is 39.9 Å². The monoisotopic (exact) mass is 449 g/mol. The molecule has 0 radical (unpaired) electrons. The number of hydrogen-bond donors (Lipinski definition) is 1. The van der Waals surface area contributed by atoms with Crippen LogP contribution in [0.1, 0.15) is 11.7 Å². The lowest BCUT2D eigenvalue weighted by molar-refractivity contribution is -0.384. The van der Waals surface area contributed by atoms with Gasteiger partial charge in [0.2, 0.25) is 1.66 Å². The van der Waals surface area contributed by atoms with E-state index < -0.39 is 22.5 Å². The van der Waals surface area contributed by atoms with E-state index in [9.17, 15) is 23.6 Å². The highest BCUT2D eigenvalue weighted by Crippen LogP contribution is 2.44. The Morgan fingerprint density at radius 1 is 1.44 bits per heavy atom. The van der Waals surface area contributed by atoms with Crippen LogP contribution in [0.15, 0.2) is 24.3 Å². The first-order valence-electron chi connectivity index (χ1n) is 4.57. The highest BCUT2D eigenvalue weighted by molar-refractivity contribution is 14.1. The fraction of sp³-hybridized carbons (Fsp3) is 0.333. The molecule has 0 aromatic heterocycles. The number of aliphatic hydroxyl groups is 1. The zero-order valence-corrected chi connectivity index (χ0v) is 13.6. The number of rotatable bonds is 4. The van der Waals surface area contributed by atoms with E-state index in [1.165, 1.54) is 24.3 Å². The molecule has 2 atom stereocenters. The molecule has 0 heterocycles. The lowest BCUT2D eigenvalue weighted by Crippen LogP contribution is -2.31. The molecule has 0 fully saturated rings. The molecule has 0 bridgehead atoms. The number of nitro benzene ring substituents is 1. The van der Waals surface area contributed by atoms with E-state index in [1.54, 1.807) is 22.6 Å². The highest BCUT2D eigenvalue weighted by atomic mass is 127. The second kappa shape index (κ2) is 5.39. The molecular formula is C9H9BrINO5S. The predicted molar refractivity (Wildman–Crippen MR) is 78.6 cm³/mol. The Bertz CT molecular complexity index is 557. The average Bonchev–Trinajstić information content (AvgIpc) is 2.26. The van der Waals surface area contributed by atoms with E-state index in [1.807, 2.05) is 0 Å². The number of non-ortho nitro benzene ring substituents is 1. The van der Waals surface area contributed by atoms with Crippen LogP contribution in [-0.2, 0) is 9.84 Å². The van der Waals surface area contributed by atoms with Gasteiger partial charge in [0.1, 0.15) is 6.10 Å². The van der Waals surface area contributed by atoms with Gasteiger partial charge in [-0.3, -0.25) is 10.1 Å². The van der Waals surface area contributed by atoms with Gasteiger partial charge in [-0.25, -0.2) is 8.42 Å². The minimum atomic E-state index is -3.56. The van der Waals surface area contributed by atoms with Gasteiger partial charge in [-0.1, -0.05) is 15.9 Å². The smallest absolute Gasteiger partial charge is 0.269 e. The van der Waals surface area contributed by atoms with Crippen LogP contribution in [0.2, 0.25) is 0 Å². The quantitative estimate of drug-likeness (QED) is 0.328. The van der Waals surface area contributed by atoms with Crippen LogP contribution in [0.4, 0.5) is 5.69 Å². The van der Waals surface area contributed by atoms with Crippen molar-refractivity contribution in [3.63, 3.8) is 0 Å². The van der Waals surface area contributed by atoms with Crippen molar-refractivity contribution in [3.8, 4) is 0 Å². The SMILES string of the molecule is CS(=O)(=O)[C@@](Br)(I)[C@@H](O)c1ccc([N+](=O)[O-])cc1. The Morgan fingerprint density at radius 2 is 1.89 bits per heavy atom. The van der Waals surface area contributed by atoms with Crippen LogP contribution >= 0.6 is 38.5 Å². The van der Waals surface area contributed by atoms with Crippen molar-refractivity contribution in [2.75, 3.05) is 6.26 Å². The number of benzene rings is 1. The van der Waals surface area contributed by atoms with Gasteiger partial charge in [0.25, 0.3) is 5.69 Å². The van der Waals surface area contributed by atoms with Crippen LogP contribution in [-0.4, -0.2) is 26.4 Å². The minimum Gasteiger partial charge on any atom is -0.385 e. The van der Waals surface area contributed by atoms with Crippen LogP contribution in [0, 0.1) is 10.1 Å². The number of alkyl halides is 2. The first-order chi connectivity index (χ1) is 8.07. The first kappa shape index (κ1) is 15.8. The molecule has 0 amide bonds. The molecule has 0 unspecified atom stereocenters. The summed E-state index contributed by atoms with van der Waals surface area (Å²) in [5.41, 5.74) is 0.149. The molecule has 9 heteroatoms. The van der Waals surface area contributed by atoms with Crippen molar-refractivity contribution >= 4 is 54.0 Å². The molecule has 6 nitrogen and oxygen atoms in total. The lowest BCUT2D eigenvalue weighted by atomic mass is 10.1. The van der Waals surface area contributed by atoms with E-state index in [-0.39, 0.29) is 11.3 Å². The van der Waals surface area contributed by atoms with Crippen molar-refractivity contribution in [2.24, 2.45) is 0 Å². The van der Waals surface area contributed by atoms with Gasteiger partial charge in [-0.15, -0.1) is 0 Å². The Hall–Kier alpha value is -0.260. The number of halogens is 2. The third kappa shape index (κ3) is 3.19. The fourth-order valence-corrected chi connectivity index (χ4v) is 2.34. The Labute approximate surface area is 126 Å². The van der Waals surface area contributed by atoms with E-state index in [4.69, 9.17) is 0 Å². The third-order valence-electron chi connectivity index (χ3n) is 2.23.